The van der Waals surface area contributed by atoms with Crippen LogP contribution in [0.25, 0.3) is 0 Å². The van der Waals surface area contributed by atoms with Crippen LogP contribution in [-0.2, 0) is 27.2 Å². The number of aromatic hydroxyl groups is 2. The molecule has 0 saturated heterocycles. The minimum absolute atomic E-state index is 0. The molecule has 6 N–H and O–H groups in total. The predicted molar refractivity (Wildman–Crippen MR) is 114 cm³/mol. The topological polar surface area (TPSA) is 136 Å². The number of nitrogens with two attached hydrogens (primary N) is 2. The van der Waals surface area contributed by atoms with Crippen molar-refractivity contribution in [2.75, 3.05) is 0 Å². The van der Waals surface area contributed by atoms with E-state index in [0.29, 0.717) is 11.4 Å². The number of rotatable bonds is 2. The summed E-state index contributed by atoms with van der Waals surface area (Å²) in [5.41, 5.74) is 12.5. The Hall–Kier alpha value is -1.71. The first-order valence-corrected chi connectivity index (χ1v) is 7.32. The molecule has 0 fully saturated rings. The summed E-state index contributed by atoms with van der Waals surface area (Å²) in [5, 5.41) is 18.6. The van der Waals surface area contributed by atoms with Crippen LogP contribution in [0.1, 0.15) is 22.8 Å². The van der Waals surface area contributed by atoms with Gasteiger partial charge in [-0.25, -0.2) is 0 Å². The van der Waals surface area contributed by atoms with Gasteiger partial charge in [-0.05, 0) is 13.8 Å². The molecule has 8 nitrogen and oxygen atoms in total. The standard InChI is InChI=1S/2C8H12N2O2.3ClH/c2*1-5-3-7(11)8(12)6(4-9)10(5)2;;;/h2*3,12H,4,9H2,1-2H3;3*1H. The first-order valence-electron chi connectivity index (χ1n) is 7.32. The highest BCUT2D eigenvalue weighted by atomic mass is 35.5. The summed E-state index contributed by atoms with van der Waals surface area (Å²) in [5.74, 6) is -0.490. The van der Waals surface area contributed by atoms with Crippen LogP contribution in [-0.4, -0.2) is 19.3 Å². The minimum Gasteiger partial charge on any atom is -0.503 e. The maximum atomic E-state index is 11.1. The average Bonchev–Trinajstić information content (AvgIpc) is 2.53. The highest BCUT2D eigenvalue weighted by Gasteiger charge is 2.08. The Kier molecular flexibility index (Phi) is 14.1. The highest BCUT2D eigenvalue weighted by Crippen LogP contribution is 2.11. The van der Waals surface area contributed by atoms with Crippen LogP contribution in [0.15, 0.2) is 21.7 Å². The number of aryl methyl sites for hydroxylation is 2. The number of halogens is 3. The molecule has 0 radical (unpaired) electrons. The molecule has 0 aliphatic heterocycles. The molecule has 0 amide bonds. The first-order chi connectivity index (χ1) is 11.1. The molecule has 27 heavy (non-hydrogen) atoms. The Morgan fingerprint density at radius 1 is 0.778 bits per heavy atom. The van der Waals surface area contributed by atoms with E-state index in [1.807, 2.05) is 0 Å². The molecule has 0 aliphatic rings. The van der Waals surface area contributed by atoms with E-state index >= 15 is 0 Å². The maximum Gasteiger partial charge on any atom is 0.223 e. The van der Waals surface area contributed by atoms with E-state index in [0.717, 1.165) is 11.4 Å². The van der Waals surface area contributed by atoms with Crippen LogP contribution in [0.5, 0.6) is 11.5 Å². The SMILES string of the molecule is Cc1cc(=O)c(O)c(CN)n1C.Cc1cc(=O)c(O)c(CN)n1C.Cl.Cl.Cl. The molecule has 156 valence electrons. The fourth-order valence-electron chi connectivity index (χ4n) is 2.20. The third-order valence-corrected chi connectivity index (χ3v) is 3.95. The molecule has 2 heterocycles. The quantitative estimate of drug-likeness (QED) is 0.544. The van der Waals surface area contributed by atoms with Crippen LogP contribution >= 0.6 is 37.2 Å². The third-order valence-electron chi connectivity index (χ3n) is 3.95. The summed E-state index contributed by atoms with van der Waals surface area (Å²) in [6.45, 7) is 3.92. The van der Waals surface area contributed by atoms with Gasteiger partial charge in [-0.2, -0.15) is 0 Å². The summed E-state index contributed by atoms with van der Waals surface area (Å²) in [6, 6.07) is 2.77. The Morgan fingerprint density at radius 2 is 1.04 bits per heavy atom. The van der Waals surface area contributed by atoms with Crippen LogP contribution < -0.4 is 22.3 Å². The highest BCUT2D eigenvalue weighted by molar-refractivity contribution is 5.86. The molecule has 2 aromatic rings. The van der Waals surface area contributed by atoms with E-state index in [-0.39, 0.29) is 72.7 Å². The minimum atomic E-state index is -0.369. The summed E-state index contributed by atoms with van der Waals surface area (Å²) < 4.78 is 3.41. The molecule has 2 rings (SSSR count). The van der Waals surface area contributed by atoms with E-state index in [4.69, 9.17) is 11.5 Å². The summed E-state index contributed by atoms with van der Waals surface area (Å²) >= 11 is 0. The number of hydrogen-bond acceptors (Lipinski definition) is 6. The normalized spacial score (nSPS) is 9.11. The van der Waals surface area contributed by atoms with Crippen molar-refractivity contribution in [2.45, 2.75) is 26.9 Å². The van der Waals surface area contributed by atoms with Gasteiger partial charge < -0.3 is 30.8 Å². The lowest BCUT2D eigenvalue weighted by molar-refractivity contribution is 0.451. The smallest absolute Gasteiger partial charge is 0.223 e. The van der Waals surface area contributed by atoms with Gasteiger partial charge >= 0.3 is 0 Å². The second kappa shape index (κ2) is 12.6. The monoisotopic (exact) mass is 444 g/mol. The fourth-order valence-corrected chi connectivity index (χ4v) is 2.20. The maximum absolute atomic E-state index is 11.1. The fraction of sp³-hybridized carbons (Fsp3) is 0.375. The van der Waals surface area contributed by atoms with Crippen LogP contribution in [0.4, 0.5) is 0 Å². The third kappa shape index (κ3) is 6.75. The Bertz CT molecular complexity index is 795. The molecule has 0 atom stereocenters. The lowest BCUT2D eigenvalue weighted by Gasteiger charge is -2.10. The first kappa shape index (κ1) is 30.0. The van der Waals surface area contributed by atoms with Gasteiger partial charge in [-0.1, -0.05) is 0 Å². The summed E-state index contributed by atoms with van der Waals surface area (Å²) in [6.07, 6.45) is 0. The van der Waals surface area contributed by atoms with E-state index in [9.17, 15) is 19.8 Å². The van der Waals surface area contributed by atoms with E-state index in [2.05, 4.69) is 0 Å². The molecule has 2 aromatic heterocycles. The lowest BCUT2D eigenvalue weighted by Crippen LogP contribution is -2.16. The molecule has 11 heteroatoms. The van der Waals surface area contributed by atoms with E-state index in [1.165, 1.54) is 12.1 Å². The van der Waals surface area contributed by atoms with Crippen molar-refractivity contribution >= 4 is 37.2 Å². The van der Waals surface area contributed by atoms with E-state index < -0.39 is 0 Å². The predicted octanol–water partition coefficient (Wildman–Crippen LogP) is 0.981. The van der Waals surface area contributed by atoms with Gasteiger partial charge in [0.15, 0.2) is 11.5 Å². The van der Waals surface area contributed by atoms with Crippen LogP contribution in [0.2, 0.25) is 0 Å². The molecule has 0 unspecified atom stereocenters. The molecule has 0 aliphatic carbocycles. The van der Waals surface area contributed by atoms with Gasteiger partial charge in [0.1, 0.15) is 0 Å². The Morgan fingerprint density at radius 3 is 1.26 bits per heavy atom. The van der Waals surface area contributed by atoms with Gasteiger partial charge in [0.2, 0.25) is 10.9 Å². The number of aromatic nitrogens is 2. The molecule has 0 aromatic carbocycles. The van der Waals surface area contributed by atoms with Crippen molar-refractivity contribution in [2.24, 2.45) is 25.6 Å². The average molecular weight is 446 g/mol. The van der Waals surface area contributed by atoms with Crippen molar-refractivity contribution < 1.29 is 10.2 Å². The summed E-state index contributed by atoms with van der Waals surface area (Å²) in [4.78, 5) is 22.1. The van der Waals surface area contributed by atoms with Crippen LogP contribution in [0, 0.1) is 13.8 Å². The van der Waals surface area contributed by atoms with Gasteiger partial charge in [-0.15, -0.1) is 37.2 Å². The molecule has 0 bridgehead atoms. The van der Waals surface area contributed by atoms with E-state index in [1.54, 1.807) is 37.1 Å². The van der Waals surface area contributed by atoms with Gasteiger partial charge in [0.05, 0.1) is 11.4 Å². The second-order valence-electron chi connectivity index (χ2n) is 5.42. The molecular formula is C16H27Cl3N4O4. The Labute approximate surface area is 176 Å². The largest absolute Gasteiger partial charge is 0.503 e. The van der Waals surface area contributed by atoms with Crippen LogP contribution in [0.3, 0.4) is 0 Å². The van der Waals surface area contributed by atoms with Crippen molar-refractivity contribution in [3.8, 4) is 11.5 Å². The molecule has 0 spiro atoms. The number of hydrogen-bond donors (Lipinski definition) is 4. The van der Waals surface area contributed by atoms with Crippen molar-refractivity contribution in [3.63, 3.8) is 0 Å². The van der Waals surface area contributed by atoms with Crippen molar-refractivity contribution in [3.05, 3.63) is 55.4 Å². The van der Waals surface area contributed by atoms with Crippen molar-refractivity contribution in [1.29, 1.82) is 0 Å². The zero-order valence-corrected chi connectivity index (χ0v) is 18.0. The lowest BCUT2D eigenvalue weighted by atomic mass is 10.2. The zero-order chi connectivity index (χ0) is 18.6. The second-order valence-corrected chi connectivity index (χ2v) is 5.42. The number of nitrogens with zero attached hydrogens (tertiary/aromatic N) is 2. The number of pyridine rings is 2. The zero-order valence-electron chi connectivity index (χ0n) is 15.6. The molecular weight excluding hydrogens is 419 g/mol. The molecule has 0 saturated carbocycles. The van der Waals surface area contributed by atoms with Gasteiger partial charge in [0.25, 0.3) is 0 Å². The van der Waals surface area contributed by atoms with Crippen molar-refractivity contribution in [1.82, 2.24) is 9.13 Å². The Balaban J connectivity index is -0.000000384. The van der Waals surface area contributed by atoms with Gasteiger partial charge in [0, 0.05) is 50.7 Å². The summed E-state index contributed by atoms with van der Waals surface area (Å²) in [7, 11) is 3.52. The van der Waals surface area contributed by atoms with Gasteiger partial charge in [-0.3, -0.25) is 9.59 Å².